The van der Waals surface area contributed by atoms with Gasteiger partial charge in [0, 0.05) is 22.7 Å². The molecule has 0 N–H and O–H groups in total. The zero-order valence-electron chi connectivity index (χ0n) is 16.0. The molecular weight excluding hydrogens is 374 g/mol. The molecule has 0 amide bonds. The fourth-order valence-corrected chi connectivity index (χ4v) is 3.62. The summed E-state index contributed by atoms with van der Waals surface area (Å²) in [4.78, 5) is 20.0. The molecule has 6 nitrogen and oxygen atoms in total. The van der Waals surface area contributed by atoms with E-state index < -0.39 is 0 Å². The summed E-state index contributed by atoms with van der Waals surface area (Å²) in [6.45, 7) is 1.82. The molecule has 0 bridgehead atoms. The lowest BCUT2D eigenvalue weighted by Crippen LogP contribution is -2.26. The highest BCUT2D eigenvalue weighted by molar-refractivity contribution is 6.31. The fourth-order valence-electron chi connectivity index (χ4n) is 3.45. The first-order chi connectivity index (χ1) is 13.5. The number of halogens is 1. The summed E-state index contributed by atoms with van der Waals surface area (Å²) in [5.74, 6) is 0.643. The third-order valence-corrected chi connectivity index (χ3v) is 5.00. The van der Waals surface area contributed by atoms with Crippen LogP contribution in [-0.4, -0.2) is 45.6 Å². The van der Waals surface area contributed by atoms with E-state index in [0.717, 1.165) is 35.5 Å². The number of hydrogen-bond donors (Lipinski definition) is 0. The van der Waals surface area contributed by atoms with E-state index in [2.05, 4.69) is 10.00 Å². The zero-order valence-corrected chi connectivity index (χ0v) is 16.7. The average molecular weight is 396 g/mol. The van der Waals surface area contributed by atoms with Crippen molar-refractivity contribution in [3.05, 3.63) is 81.0 Å². The van der Waals surface area contributed by atoms with E-state index in [4.69, 9.17) is 16.6 Å². The first-order valence-electron chi connectivity index (χ1n) is 9.28. The Bertz CT molecular complexity index is 1080. The third-order valence-electron chi connectivity index (χ3n) is 4.76. The molecule has 0 fully saturated rings. The van der Waals surface area contributed by atoms with Crippen molar-refractivity contribution in [3.63, 3.8) is 0 Å². The summed E-state index contributed by atoms with van der Waals surface area (Å²) >= 11 is 6.29. The molecule has 0 atom stereocenters. The first-order valence-corrected chi connectivity index (χ1v) is 9.66. The van der Waals surface area contributed by atoms with Crippen molar-refractivity contribution < 1.29 is 0 Å². The normalized spacial score (nSPS) is 13.1. The second kappa shape index (κ2) is 7.73. The van der Waals surface area contributed by atoms with Gasteiger partial charge in [0.15, 0.2) is 5.82 Å². The maximum atomic E-state index is 13.1. The number of nitrogens with zero attached hydrogens (tertiary/aromatic N) is 5. The summed E-state index contributed by atoms with van der Waals surface area (Å²) in [5.41, 5.74) is 3.28. The van der Waals surface area contributed by atoms with Gasteiger partial charge in [0.1, 0.15) is 6.54 Å². The van der Waals surface area contributed by atoms with Crippen molar-refractivity contribution in [2.45, 2.75) is 19.5 Å². The molecule has 144 valence electrons. The molecule has 0 unspecified atom stereocenters. The van der Waals surface area contributed by atoms with Crippen molar-refractivity contribution in [2.75, 3.05) is 20.6 Å². The van der Waals surface area contributed by atoms with Crippen LogP contribution in [0.1, 0.15) is 23.4 Å². The second-order valence-corrected chi connectivity index (χ2v) is 7.54. The maximum Gasteiger partial charge on any atom is 0.350 e. The zero-order chi connectivity index (χ0) is 19.7. The standard InChI is InChI=1S/C21H22ClN5O/c1-25(2)11-6-12-26-21(28)27-18-10-9-16(22)13-17(18)20(23-14-19(27)24-26)15-7-4-3-5-8-15/h3-5,7-10,13H,6,11-12,14H2,1-2H3. The van der Waals surface area contributed by atoms with Crippen molar-refractivity contribution in [1.82, 2.24) is 19.2 Å². The topological polar surface area (TPSA) is 55.4 Å². The lowest BCUT2D eigenvalue weighted by molar-refractivity contribution is 0.378. The Hall–Kier alpha value is -2.70. The number of aryl methyl sites for hydroxylation is 1. The van der Waals surface area contributed by atoms with Gasteiger partial charge in [-0.25, -0.2) is 14.0 Å². The number of hydrogen-bond acceptors (Lipinski definition) is 4. The third kappa shape index (κ3) is 3.53. The molecule has 1 aromatic heterocycles. The minimum absolute atomic E-state index is 0.137. The largest absolute Gasteiger partial charge is 0.350 e. The van der Waals surface area contributed by atoms with Crippen LogP contribution >= 0.6 is 11.6 Å². The van der Waals surface area contributed by atoms with Crippen molar-refractivity contribution in [1.29, 1.82) is 0 Å². The molecule has 0 saturated carbocycles. The SMILES string of the molecule is CN(C)CCCn1nc2n(c1=O)-c1ccc(Cl)cc1C(c1ccccc1)=NC2. The van der Waals surface area contributed by atoms with Crippen LogP contribution in [0.25, 0.3) is 5.69 Å². The summed E-state index contributed by atoms with van der Waals surface area (Å²) in [7, 11) is 4.04. The van der Waals surface area contributed by atoms with Crippen LogP contribution < -0.4 is 5.69 Å². The number of fused-ring (bicyclic) bond motifs is 3. The van der Waals surface area contributed by atoms with Gasteiger partial charge in [-0.05, 0) is 45.3 Å². The maximum absolute atomic E-state index is 13.1. The van der Waals surface area contributed by atoms with Gasteiger partial charge in [-0.3, -0.25) is 4.99 Å². The van der Waals surface area contributed by atoms with Gasteiger partial charge in [0.25, 0.3) is 0 Å². The molecule has 4 rings (SSSR count). The van der Waals surface area contributed by atoms with Crippen LogP contribution in [0.4, 0.5) is 0 Å². The quantitative estimate of drug-likeness (QED) is 0.667. The second-order valence-electron chi connectivity index (χ2n) is 7.11. The Morgan fingerprint density at radius 3 is 2.68 bits per heavy atom. The molecule has 28 heavy (non-hydrogen) atoms. The fraction of sp³-hybridized carbons (Fsp3) is 0.286. The Balaban J connectivity index is 1.81. The lowest BCUT2D eigenvalue weighted by atomic mass is 10.0. The highest BCUT2D eigenvalue weighted by atomic mass is 35.5. The predicted molar refractivity (Wildman–Crippen MR) is 112 cm³/mol. The summed E-state index contributed by atoms with van der Waals surface area (Å²) in [6, 6.07) is 15.5. The molecule has 1 aliphatic heterocycles. The Labute approximate surface area is 168 Å². The molecule has 0 saturated heterocycles. The van der Waals surface area contributed by atoms with Crippen LogP contribution in [0, 0.1) is 0 Å². The smallest absolute Gasteiger partial charge is 0.309 e. The molecule has 0 aliphatic carbocycles. The molecule has 2 aromatic carbocycles. The number of benzene rings is 2. The Morgan fingerprint density at radius 1 is 1.14 bits per heavy atom. The monoisotopic (exact) mass is 395 g/mol. The minimum Gasteiger partial charge on any atom is -0.309 e. The molecule has 0 spiro atoms. The van der Waals surface area contributed by atoms with Gasteiger partial charge < -0.3 is 4.90 Å². The van der Waals surface area contributed by atoms with Gasteiger partial charge in [-0.15, -0.1) is 0 Å². The van der Waals surface area contributed by atoms with Crippen LogP contribution in [0.5, 0.6) is 0 Å². The molecule has 7 heteroatoms. The van der Waals surface area contributed by atoms with Gasteiger partial charge >= 0.3 is 5.69 Å². The van der Waals surface area contributed by atoms with E-state index in [1.165, 1.54) is 0 Å². The average Bonchev–Trinajstić information content (AvgIpc) is 2.89. The number of rotatable bonds is 5. The van der Waals surface area contributed by atoms with Crippen LogP contribution in [0.15, 0.2) is 58.3 Å². The van der Waals surface area contributed by atoms with Crippen LogP contribution in [0.3, 0.4) is 0 Å². The number of aliphatic imine (C=N–C) groups is 1. The van der Waals surface area contributed by atoms with E-state index in [-0.39, 0.29) is 5.69 Å². The molecular formula is C21H22ClN5O. The molecule has 1 aliphatic rings. The Kier molecular flexibility index (Phi) is 5.15. The minimum atomic E-state index is -0.137. The van der Waals surface area contributed by atoms with Crippen LogP contribution in [-0.2, 0) is 13.1 Å². The van der Waals surface area contributed by atoms with Gasteiger partial charge in [0.05, 0.1) is 11.4 Å². The van der Waals surface area contributed by atoms with Gasteiger partial charge in [-0.2, -0.15) is 5.10 Å². The Morgan fingerprint density at radius 2 is 1.93 bits per heavy atom. The van der Waals surface area contributed by atoms with E-state index in [0.29, 0.717) is 23.9 Å². The predicted octanol–water partition coefficient (Wildman–Crippen LogP) is 2.99. The molecule has 2 heterocycles. The highest BCUT2D eigenvalue weighted by Crippen LogP contribution is 2.26. The van der Waals surface area contributed by atoms with E-state index in [9.17, 15) is 4.79 Å². The summed E-state index contributed by atoms with van der Waals surface area (Å²) in [6.07, 6.45) is 0.857. The van der Waals surface area contributed by atoms with Crippen molar-refractivity contribution in [3.8, 4) is 5.69 Å². The van der Waals surface area contributed by atoms with E-state index in [1.54, 1.807) is 15.3 Å². The van der Waals surface area contributed by atoms with Gasteiger partial charge in [0.2, 0.25) is 0 Å². The lowest BCUT2D eigenvalue weighted by Gasteiger charge is -2.11. The van der Waals surface area contributed by atoms with Gasteiger partial charge in [-0.1, -0.05) is 41.9 Å². The summed E-state index contributed by atoms with van der Waals surface area (Å²) in [5, 5.41) is 5.17. The molecule has 3 aromatic rings. The summed E-state index contributed by atoms with van der Waals surface area (Å²) < 4.78 is 3.21. The first kappa shape index (κ1) is 18.7. The van der Waals surface area contributed by atoms with Crippen LogP contribution in [0.2, 0.25) is 5.02 Å². The molecule has 0 radical (unpaired) electrons. The van der Waals surface area contributed by atoms with Crippen molar-refractivity contribution >= 4 is 17.3 Å². The van der Waals surface area contributed by atoms with Crippen molar-refractivity contribution in [2.24, 2.45) is 4.99 Å². The highest BCUT2D eigenvalue weighted by Gasteiger charge is 2.23. The van der Waals surface area contributed by atoms with E-state index in [1.807, 2.05) is 56.6 Å². The number of aromatic nitrogens is 3. The van der Waals surface area contributed by atoms with E-state index >= 15 is 0 Å².